The maximum atomic E-state index is 11.5. The maximum absolute atomic E-state index is 11.5. The van der Waals surface area contributed by atoms with Crippen LogP contribution in [0.3, 0.4) is 0 Å². The van der Waals surface area contributed by atoms with Crippen molar-refractivity contribution in [1.82, 2.24) is 9.97 Å². The van der Waals surface area contributed by atoms with Gasteiger partial charge in [-0.2, -0.15) is 0 Å². The number of benzene rings is 1. The zero-order valence-electron chi connectivity index (χ0n) is 19.8. The predicted molar refractivity (Wildman–Crippen MR) is 139 cm³/mol. The summed E-state index contributed by atoms with van der Waals surface area (Å²) in [6.07, 6.45) is 2.24. The van der Waals surface area contributed by atoms with Crippen LogP contribution >= 0.6 is 11.3 Å². The molecule has 9 nitrogen and oxygen atoms in total. The van der Waals surface area contributed by atoms with Crippen LogP contribution in [0, 0.1) is 10.1 Å². The van der Waals surface area contributed by atoms with E-state index in [9.17, 15) is 15.2 Å². The number of pyridine rings is 1. The van der Waals surface area contributed by atoms with E-state index in [1.807, 2.05) is 31.2 Å². The van der Waals surface area contributed by atoms with Gasteiger partial charge in [0.25, 0.3) is 0 Å². The number of aliphatic hydroxyl groups excluding tert-OH is 1. The van der Waals surface area contributed by atoms with E-state index in [2.05, 4.69) is 39.7 Å². The molecule has 34 heavy (non-hydrogen) atoms. The molecule has 0 fully saturated rings. The molecule has 0 bridgehead atoms. The van der Waals surface area contributed by atoms with Crippen LogP contribution in [0.5, 0.6) is 0 Å². The number of hydrogen-bond acceptors (Lipinski definition) is 9. The van der Waals surface area contributed by atoms with Gasteiger partial charge >= 0.3 is 5.69 Å². The summed E-state index contributed by atoms with van der Waals surface area (Å²) < 4.78 is 0. The lowest BCUT2D eigenvalue weighted by molar-refractivity contribution is -0.384. The summed E-state index contributed by atoms with van der Waals surface area (Å²) in [7, 11) is 0. The van der Waals surface area contributed by atoms with Crippen molar-refractivity contribution >= 4 is 39.5 Å². The summed E-state index contributed by atoms with van der Waals surface area (Å²) in [6.45, 7) is 8.51. The minimum Gasteiger partial charge on any atom is -0.391 e. The third kappa shape index (κ3) is 6.64. The quantitative estimate of drug-likeness (QED) is 0.210. The second-order valence-corrected chi connectivity index (χ2v) is 8.81. The number of anilines is 4. The van der Waals surface area contributed by atoms with Crippen molar-refractivity contribution in [2.75, 3.05) is 35.2 Å². The van der Waals surface area contributed by atoms with E-state index in [1.54, 1.807) is 11.3 Å². The number of nitro groups is 1. The molecule has 0 spiro atoms. The van der Waals surface area contributed by atoms with Gasteiger partial charge in [0.2, 0.25) is 5.82 Å². The highest BCUT2D eigenvalue weighted by molar-refractivity contribution is 7.14. The molecule has 1 unspecified atom stereocenters. The number of thiazole rings is 1. The van der Waals surface area contributed by atoms with E-state index in [1.165, 1.54) is 12.1 Å². The van der Waals surface area contributed by atoms with Crippen LogP contribution in [0.1, 0.15) is 40.0 Å². The van der Waals surface area contributed by atoms with E-state index in [0.717, 1.165) is 42.3 Å². The number of aliphatic hydroxyl groups is 1. The van der Waals surface area contributed by atoms with Crippen LogP contribution in [0.25, 0.3) is 11.3 Å². The van der Waals surface area contributed by atoms with Gasteiger partial charge in [-0.1, -0.05) is 32.9 Å². The third-order valence-corrected chi connectivity index (χ3v) is 6.16. The van der Waals surface area contributed by atoms with Crippen LogP contribution in [0.4, 0.5) is 28.1 Å². The summed E-state index contributed by atoms with van der Waals surface area (Å²) in [4.78, 5) is 22.5. The normalized spacial score (nSPS) is 11.8. The Bertz CT molecular complexity index is 1070. The Morgan fingerprint density at radius 3 is 2.41 bits per heavy atom. The number of rotatable bonds is 13. The zero-order chi connectivity index (χ0) is 24.5. The number of aromatic nitrogens is 2. The highest BCUT2D eigenvalue weighted by Gasteiger charge is 2.17. The van der Waals surface area contributed by atoms with Gasteiger partial charge in [0.15, 0.2) is 5.13 Å². The zero-order valence-corrected chi connectivity index (χ0v) is 20.6. The lowest BCUT2D eigenvalue weighted by Gasteiger charge is -2.19. The van der Waals surface area contributed by atoms with E-state index in [4.69, 9.17) is 4.98 Å². The molecule has 1 atom stereocenters. The van der Waals surface area contributed by atoms with Gasteiger partial charge in [-0.3, -0.25) is 10.1 Å². The molecule has 1 aromatic carbocycles. The number of nitrogens with one attached hydrogen (secondary N) is 2. The molecular weight excluding hydrogens is 452 g/mol. The molecule has 3 rings (SSSR count). The minimum absolute atomic E-state index is 0.123. The molecule has 0 saturated heterocycles. The van der Waals surface area contributed by atoms with E-state index in [0.29, 0.717) is 24.5 Å². The predicted octanol–water partition coefficient (Wildman–Crippen LogP) is 5.67. The second-order valence-electron chi connectivity index (χ2n) is 7.97. The summed E-state index contributed by atoms with van der Waals surface area (Å²) in [5, 5.41) is 30.4. The Morgan fingerprint density at radius 1 is 1.09 bits per heavy atom. The highest BCUT2D eigenvalue weighted by Crippen LogP contribution is 2.31. The molecule has 0 saturated carbocycles. The first-order valence-corrected chi connectivity index (χ1v) is 12.5. The largest absolute Gasteiger partial charge is 0.391 e. The van der Waals surface area contributed by atoms with Crippen molar-refractivity contribution in [2.24, 2.45) is 0 Å². The van der Waals surface area contributed by atoms with E-state index in [-0.39, 0.29) is 11.5 Å². The van der Waals surface area contributed by atoms with Crippen LogP contribution in [-0.4, -0.2) is 45.7 Å². The van der Waals surface area contributed by atoms with Gasteiger partial charge < -0.3 is 20.6 Å². The molecule has 2 aromatic heterocycles. The Hall–Kier alpha value is -3.24. The first kappa shape index (κ1) is 25.4. The van der Waals surface area contributed by atoms with Gasteiger partial charge in [-0.05, 0) is 37.5 Å². The fourth-order valence-corrected chi connectivity index (χ4v) is 4.29. The summed E-state index contributed by atoms with van der Waals surface area (Å²) in [5.41, 5.74) is 2.45. The van der Waals surface area contributed by atoms with Crippen molar-refractivity contribution in [1.29, 1.82) is 0 Å². The lowest BCUT2D eigenvalue weighted by atomic mass is 10.1. The van der Waals surface area contributed by atoms with Crippen LogP contribution in [0.15, 0.2) is 41.8 Å². The number of hydrogen-bond donors (Lipinski definition) is 3. The minimum atomic E-state index is -0.511. The van der Waals surface area contributed by atoms with Crippen molar-refractivity contribution in [3.63, 3.8) is 0 Å². The fourth-order valence-electron chi connectivity index (χ4n) is 3.40. The summed E-state index contributed by atoms with van der Waals surface area (Å²) >= 11 is 1.64. The van der Waals surface area contributed by atoms with Gasteiger partial charge in [0.1, 0.15) is 5.82 Å². The van der Waals surface area contributed by atoms with Crippen molar-refractivity contribution in [3.8, 4) is 11.3 Å². The summed E-state index contributed by atoms with van der Waals surface area (Å²) in [6, 6.07) is 10.5. The smallest absolute Gasteiger partial charge is 0.311 e. The van der Waals surface area contributed by atoms with Crippen molar-refractivity contribution < 1.29 is 10.0 Å². The molecule has 182 valence electrons. The van der Waals surface area contributed by atoms with Gasteiger partial charge in [-0.25, -0.2) is 9.97 Å². The molecule has 2 heterocycles. The molecule has 3 N–H and O–H groups in total. The van der Waals surface area contributed by atoms with Crippen molar-refractivity contribution in [3.05, 3.63) is 51.9 Å². The van der Waals surface area contributed by atoms with Gasteiger partial charge in [0, 0.05) is 42.3 Å². The lowest BCUT2D eigenvalue weighted by Crippen LogP contribution is -2.24. The molecule has 0 aliphatic carbocycles. The maximum Gasteiger partial charge on any atom is 0.311 e. The summed E-state index contributed by atoms with van der Waals surface area (Å²) in [5.74, 6) is 0.593. The molecule has 3 aromatic rings. The molecule has 0 aliphatic rings. The fraction of sp³-hybridized carbons (Fsp3) is 0.417. The van der Waals surface area contributed by atoms with Gasteiger partial charge in [-0.15, -0.1) is 11.3 Å². The first-order valence-electron chi connectivity index (χ1n) is 11.6. The molecule has 0 amide bonds. The van der Waals surface area contributed by atoms with E-state index < -0.39 is 11.0 Å². The van der Waals surface area contributed by atoms with Gasteiger partial charge in [0.05, 0.1) is 16.7 Å². The van der Waals surface area contributed by atoms with Crippen LogP contribution < -0.4 is 15.5 Å². The Kier molecular flexibility index (Phi) is 9.17. The molecule has 10 heteroatoms. The SMILES string of the molecule is CCCN(CCC)c1nc(-c2ccc(Nc3nc(NCC(O)CC)ccc3[N+](=O)[O-])cc2)cs1. The number of nitrogens with zero attached hydrogens (tertiary/aromatic N) is 4. The third-order valence-electron chi connectivity index (χ3n) is 5.25. The Balaban J connectivity index is 1.76. The average molecular weight is 485 g/mol. The molecular formula is C24H32N6O3S. The van der Waals surface area contributed by atoms with Crippen LogP contribution in [-0.2, 0) is 0 Å². The first-order chi connectivity index (χ1) is 16.4. The van der Waals surface area contributed by atoms with E-state index >= 15 is 0 Å². The standard InChI is InChI=1S/C24H32N6O3S/c1-4-13-29(14-5-2)24-27-20(16-34-24)17-7-9-18(10-8-17)26-23-21(30(32)33)11-12-22(28-23)25-15-19(31)6-3/h7-12,16,19,31H,4-6,13-15H2,1-3H3,(H2,25,26,28). The second kappa shape index (κ2) is 12.3. The molecule has 0 aliphatic heterocycles. The molecule has 0 radical (unpaired) electrons. The van der Waals surface area contributed by atoms with Crippen molar-refractivity contribution in [2.45, 2.75) is 46.1 Å². The van der Waals surface area contributed by atoms with Crippen LogP contribution in [0.2, 0.25) is 0 Å². The Morgan fingerprint density at radius 2 is 1.79 bits per heavy atom. The topological polar surface area (TPSA) is 116 Å². The monoisotopic (exact) mass is 484 g/mol. The highest BCUT2D eigenvalue weighted by atomic mass is 32.1. The Labute approximate surface area is 204 Å². The average Bonchev–Trinajstić information content (AvgIpc) is 3.33.